The predicted molar refractivity (Wildman–Crippen MR) is 231 cm³/mol. The number of likely N-dealkylation sites (tertiary alicyclic amines) is 1. The Bertz CT molecular complexity index is 2130. The molecule has 0 spiro atoms. The van der Waals surface area contributed by atoms with Crippen LogP contribution in [0.5, 0.6) is 0 Å². The molecule has 3 aromatic heterocycles. The van der Waals surface area contributed by atoms with E-state index in [0.717, 1.165) is 36.5 Å². The van der Waals surface area contributed by atoms with E-state index in [0.29, 0.717) is 33.6 Å². The molecule has 5 heterocycles. The summed E-state index contributed by atoms with van der Waals surface area (Å²) in [5.74, 6) is 1.84. The number of nitrogens with zero attached hydrogens (tertiary/aromatic N) is 9. The number of nitrogens with one attached hydrogen (secondary N) is 3. The first-order valence-corrected chi connectivity index (χ1v) is 21.2. The SMILES string of the molecule is C=CNC(=C)CCC1(C)CCc2cc(N3CCC4C3CCN4CCC3CCCCC3)ccc21.N#CCNc1cc(Nc2ncc(C#N)cc2Cl)ncc1-n1ccnn1. The summed E-state index contributed by atoms with van der Waals surface area (Å²) in [5.41, 5.74) is 7.64. The van der Waals surface area contributed by atoms with Gasteiger partial charge < -0.3 is 20.9 Å². The van der Waals surface area contributed by atoms with Gasteiger partial charge in [-0.2, -0.15) is 10.5 Å². The first kappa shape index (κ1) is 40.8. The summed E-state index contributed by atoms with van der Waals surface area (Å²) < 4.78 is 1.53. The molecule has 4 aliphatic rings. The van der Waals surface area contributed by atoms with Crippen LogP contribution in [0.2, 0.25) is 5.02 Å². The van der Waals surface area contributed by atoms with Crippen molar-refractivity contribution in [3.05, 3.63) is 102 Å². The fourth-order valence-electron chi connectivity index (χ4n) is 9.52. The second kappa shape index (κ2) is 18.9. The van der Waals surface area contributed by atoms with Crippen LogP contribution in [-0.4, -0.2) is 68.1 Å². The van der Waals surface area contributed by atoms with Crippen LogP contribution >= 0.6 is 11.6 Å². The Labute approximate surface area is 348 Å². The van der Waals surface area contributed by atoms with Gasteiger partial charge in [-0.3, -0.25) is 4.90 Å². The molecule has 0 amide bonds. The highest BCUT2D eigenvalue weighted by atomic mass is 35.5. The van der Waals surface area contributed by atoms with Crippen LogP contribution in [0.15, 0.2) is 80.2 Å². The molecule has 58 heavy (non-hydrogen) atoms. The van der Waals surface area contributed by atoms with Gasteiger partial charge in [0.25, 0.3) is 0 Å². The third kappa shape index (κ3) is 9.47. The molecule has 12 nitrogen and oxygen atoms in total. The van der Waals surface area contributed by atoms with Gasteiger partial charge in [0.05, 0.1) is 40.9 Å². The van der Waals surface area contributed by atoms with Gasteiger partial charge in [0, 0.05) is 48.8 Å². The van der Waals surface area contributed by atoms with E-state index in [4.69, 9.17) is 22.1 Å². The molecule has 3 unspecified atom stereocenters. The van der Waals surface area contributed by atoms with Crippen molar-refractivity contribution in [3.8, 4) is 17.8 Å². The maximum Gasteiger partial charge on any atom is 0.150 e. The second-order valence-corrected chi connectivity index (χ2v) is 16.7. The zero-order valence-corrected chi connectivity index (χ0v) is 34.4. The number of nitriles is 2. The highest BCUT2D eigenvalue weighted by Crippen LogP contribution is 2.45. The molecule has 1 aromatic carbocycles. The number of aromatic nitrogens is 5. The summed E-state index contributed by atoms with van der Waals surface area (Å²) in [4.78, 5) is 14.0. The van der Waals surface area contributed by atoms with Gasteiger partial charge >= 0.3 is 0 Å². The van der Waals surface area contributed by atoms with Crippen molar-refractivity contribution in [2.75, 3.05) is 41.7 Å². The van der Waals surface area contributed by atoms with Crippen LogP contribution < -0.4 is 20.9 Å². The van der Waals surface area contributed by atoms with E-state index in [1.54, 1.807) is 42.0 Å². The average molecular weight is 799 g/mol. The maximum absolute atomic E-state index is 8.85. The summed E-state index contributed by atoms with van der Waals surface area (Å²) in [7, 11) is 0. The van der Waals surface area contributed by atoms with E-state index >= 15 is 0 Å². The highest BCUT2D eigenvalue weighted by Gasteiger charge is 2.43. The third-order valence-electron chi connectivity index (χ3n) is 12.7. The fraction of sp³-hybridized carbons (Fsp3) is 0.467. The Morgan fingerprint density at radius 2 is 1.90 bits per heavy atom. The summed E-state index contributed by atoms with van der Waals surface area (Å²) in [6.07, 6.45) is 24.1. The number of anilines is 4. The largest absolute Gasteiger partial charge is 0.370 e. The van der Waals surface area contributed by atoms with Crippen molar-refractivity contribution in [1.29, 1.82) is 10.5 Å². The van der Waals surface area contributed by atoms with E-state index in [2.05, 4.69) is 84.3 Å². The van der Waals surface area contributed by atoms with E-state index in [1.807, 2.05) is 12.1 Å². The van der Waals surface area contributed by atoms with Gasteiger partial charge in [-0.25, -0.2) is 14.6 Å². The summed E-state index contributed by atoms with van der Waals surface area (Å²) in [5, 5.41) is 34.8. The molecule has 2 aliphatic carbocycles. The van der Waals surface area contributed by atoms with E-state index < -0.39 is 0 Å². The summed E-state index contributed by atoms with van der Waals surface area (Å²) >= 11 is 6.11. The molecule has 13 heteroatoms. The number of hydrogen-bond donors (Lipinski definition) is 3. The van der Waals surface area contributed by atoms with Gasteiger partial charge in [-0.15, -0.1) is 5.10 Å². The summed E-state index contributed by atoms with van der Waals surface area (Å²) in [6.45, 7) is 14.4. The lowest BCUT2D eigenvalue weighted by atomic mass is 9.79. The molecule has 3 atom stereocenters. The quantitative estimate of drug-likeness (QED) is 0.105. The molecule has 0 bridgehead atoms. The Hall–Kier alpha value is -5.43. The van der Waals surface area contributed by atoms with Gasteiger partial charge in [0.15, 0.2) is 0 Å². The molecule has 2 aliphatic heterocycles. The number of pyridine rings is 2. The van der Waals surface area contributed by atoms with Crippen LogP contribution in [0.4, 0.5) is 23.0 Å². The molecule has 3 N–H and O–H groups in total. The van der Waals surface area contributed by atoms with Crippen molar-refractivity contribution in [2.24, 2.45) is 5.92 Å². The number of rotatable bonds is 14. The minimum Gasteiger partial charge on any atom is -0.370 e. The van der Waals surface area contributed by atoms with Crippen LogP contribution in [0.3, 0.4) is 0 Å². The van der Waals surface area contributed by atoms with Crippen molar-refractivity contribution >= 4 is 34.6 Å². The number of hydrogen-bond acceptors (Lipinski definition) is 11. The maximum atomic E-state index is 8.85. The second-order valence-electron chi connectivity index (χ2n) is 16.3. The number of aryl methyl sites for hydroxylation is 1. The smallest absolute Gasteiger partial charge is 0.150 e. The van der Waals surface area contributed by atoms with Crippen molar-refractivity contribution in [2.45, 2.75) is 101 Å². The lowest BCUT2D eigenvalue weighted by molar-refractivity contribution is 0.218. The van der Waals surface area contributed by atoms with Gasteiger partial charge in [0.2, 0.25) is 0 Å². The first-order valence-electron chi connectivity index (χ1n) is 20.8. The highest BCUT2D eigenvalue weighted by molar-refractivity contribution is 6.33. The fourth-order valence-corrected chi connectivity index (χ4v) is 9.74. The third-order valence-corrected chi connectivity index (χ3v) is 13.0. The van der Waals surface area contributed by atoms with Crippen LogP contribution in [0.25, 0.3) is 5.69 Å². The molecular formula is C45H55ClN12. The van der Waals surface area contributed by atoms with E-state index in [9.17, 15) is 0 Å². The Balaban J connectivity index is 0.000000184. The minimum atomic E-state index is 0.112. The normalized spacial score (nSPS) is 21.2. The number of halogens is 1. The Kier molecular flexibility index (Phi) is 13.3. The lowest BCUT2D eigenvalue weighted by Crippen LogP contribution is -2.37. The van der Waals surface area contributed by atoms with Crippen molar-refractivity contribution in [3.63, 3.8) is 0 Å². The van der Waals surface area contributed by atoms with Crippen LogP contribution in [0, 0.1) is 28.6 Å². The number of benzene rings is 1. The minimum absolute atomic E-state index is 0.112. The lowest BCUT2D eigenvalue weighted by Gasteiger charge is -2.30. The van der Waals surface area contributed by atoms with E-state index in [1.165, 1.54) is 106 Å². The molecule has 1 saturated carbocycles. The zero-order valence-electron chi connectivity index (χ0n) is 33.6. The van der Waals surface area contributed by atoms with Gasteiger partial charge in [0.1, 0.15) is 29.9 Å². The Morgan fingerprint density at radius 3 is 2.66 bits per heavy atom. The molecule has 0 radical (unpaired) electrons. The van der Waals surface area contributed by atoms with Crippen molar-refractivity contribution < 1.29 is 0 Å². The van der Waals surface area contributed by atoms with Crippen LogP contribution in [-0.2, 0) is 11.8 Å². The molecule has 302 valence electrons. The predicted octanol–water partition coefficient (Wildman–Crippen LogP) is 8.80. The van der Waals surface area contributed by atoms with E-state index in [-0.39, 0.29) is 12.0 Å². The number of allylic oxidation sites excluding steroid dienone is 1. The zero-order chi connectivity index (χ0) is 40.5. The topological polar surface area (TPSA) is 147 Å². The number of fused-ring (bicyclic) bond motifs is 2. The van der Waals surface area contributed by atoms with Gasteiger partial charge in [-0.05, 0) is 98.3 Å². The molecule has 4 aromatic rings. The molecule has 3 fully saturated rings. The monoisotopic (exact) mass is 798 g/mol. The standard InChI is InChI=1S/C30H45N3.C15H10ClN9/c1-4-31-23(2)12-17-30(3)18-13-25-22-26(10-11-27(25)30)33-21-16-28-29(33)15-20-32(28)19-14-24-8-6-5-7-9-24;16-11-5-10(7-18)8-21-15(11)23-14-6-12(19-2-1-17)13(9-20-14)25-4-3-22-24-25/h4,10-11,22,24,28-29,31H,1-2,5-9,12-21H2,3H3;3-6,8-9H,2H2,(H2,19,20,21,23). The summed E-state index contributed by atoms with van der Waals surface area (Å²) in [6, 6.07) is 16.2. The first-order chi connectivity index (χ1) is 28.3. The van der Waals surface area contributed by atoms with Gasteiger partial charge in [-0.1, -0.05) is 75.1 Å². The molecule has 8 rings (SSSR count). The average Bonchev–Trinajstić information content (AvgIpc) is 4.07. The Morgan fingerprint density at radius 1 is 1.05 bits per heavy atom. The molecular weight excluding hydrogens is 744 g/mol. The van der Waals surface area contributed by atoms with Crippen LogP contribution in [0.1, 0.15) is 94.2 Å². The molecule has 2 saturated heterocycles. The van der Waals surface area contributed by atoms with Crippen molar-refractivity contribution in [1.82, 2.24) is 35.2 Å².